The van der Waals surface area contributed by atoms with E-state index in [0.717, 1.165) is 13.1 Å². The van der Waals surface area contributed by atoms with E-state index in [9.17, 15) is 0 Å². The third-order valence-electron chi connectivity index (χ3n) is 1.76. The second-order valence-electron chi connectivity index (χ2n) is 3.23. The minimum atomic E-state index is 0.846. The molecule has 0 aliphatic heterocycles. The lowest BCUT2D eigenvalue weighted by Gasteiger charge is -2.13. The van der Waals surface area contributed by atoms with Crippen molar-refractivity contribution in [3.8, 4) is 0 Å². The molecule has 0 rings (SSSR count). The average Bonchev–Trinajstić information content (AvgIpc) is 2.25. The van der Waals surface area contributed by atoms with Crippen LogP contribution in [0.15, 0.2) is 36.5 Å². The Labute approximate surface area is 95.4 Å². The Morgan fingerprint density at radius 3 is 1.87 bits per heavy atom. The zero-order valence-electron chi connectivity index (χ0n) is 10.9. The van der Waals surface area contributed by atoms with E-state index in [0.29, 0.717) is 0 Å². The Morgan fingerprint density at radius 2 is 1.60 bits per heavy atom. The van der Waals surface area contributed by atoms with Gasteiger partial charge in [-0.3, -0.25) is 0 Å². The maximum absolute atomic E-state index is 3.81. The largest absolute Gasteiger partial charge is 0.316 e. The van der Waals surface area contributed by atoms with Crippen molar-refractivity contribution in [2.45, 2.75) is 13.8 Å². The van der Waals surface area contributed by atoms with Crippen LogP contribution in [-0.2, 0) is 0 Å². The zero-order valence-corrected chi connectivity index (χ0v) is 10.9. The Balaban J connectivity index is 0. The lowest BCUT2D eigenvalue weighted by Crippen LogP contribution is -2.18. The summed E-state index contributed by atoms with van der Waals surface area (Å²) in [7, 11) is 6.02. The molecule has 88 valence electrons. The third kappa shape index (κ3) is 8.16. The normalized spacial score (nSPS) is 11.3. The molecule has 0 unspecified atom stereocenters. The second kappa shape index (κ2) is 11.2. The summed E-state index contributed by atoms with van der Waals surface area (Å²) >= 11 is 0. The van der Waals surface area contributed by atoms with Crippen molar-refractivity contribution in [2.75, 3.05) is 34.2 Å². The van der Waals surface area contributed by atoms with Gasteiger partial charge in [0.05, 0.1) is 0 Å². The number of nitrogens with one attached hydrogen (secondary N) is 1. The quantitative estimate of drug-likeness (QED) is 0.678. The molecule has 0 saturated carbocycles. The molecule has 2 heteroatoms. The van der Waals surface area contributed by atoms with Crippen molar-refractivity contribution in [2.24, 2.45) is 0 Å². The van der Waals surface area contributed by atoms with Gasteiger partial charge >= 0.3 is 0 Å². The fourth-order valence-electron chi connectivity index (χ4n) is 1.15. The summed E-state index contributed by atoms with van der Waals surface area (Å²) in [5.74, 6) is 0. The van der Waals surface area contributed by atoms with Crippen molar-refractivity contribution in [3.05, 3.63) is 36.5 Å². The highest BCUT2D eigenvalue weighted by molar-refractivity contribution is 5.33. The predicted molar refractivity (Wildman–Crippen MR) is 71.2 cm³/mol. The van der Waals surface area contributed by atoms with Crippen LogP contribution in [0.3, 0.4) is 0 Å². The topological polar surface area (TPSA) is 15.3 Å². The van der Waals surface area contributed by atoms with Crippen LogP contribution in [0.5, 0.6) is 0 Å². The Hall–Kier alpha value is -0.860. The van der Waals surface area contributed by atoms with Gasteiger partial charge in [-0.1, -0.05) is 39.2 Å². The van der Waals surface area contributed by atoms with E-state index >= 15 is 0 Å². The molecule has 0 aromatic rings. The highest BCUT2D eigenvalue weighted by Crippen LogP contribution is 2.07. The molecule has 0 saturated heterocycles. The van der Waals surface area contributed by atoms with E-state index in [1.54, 1.807) is 0 Å². The van der Waals surface area contributed by atoms with E-state index in [2.05, 4.69) is 23.4 Å². The lowest BCUT2D eigenvalue weighted by atomic mass is 10.1. The third-order valence-corrected chi connectivity index (χ3v) is 1.76. The van der Waals surface area contributed by atoms with Gasteiger partial charge in [0.25, 0.3) is 0 Å². The van der Waals surface area contributed by atoms with E-state index in [1.807, 2.05) is 47.1 Å². The molecule has 0 atom stereocenters. The van der Waals surface area contributed by atoms with Crippen LogP contribution in [0.25, 0.3) is 0 Å². The van der Waals surface area contributed by atoms with Crippen LogP contribution < -0.4 is 5.32 Å². The Morgan fingerprint density at radius 1 is 1.13 bits per heavy atom. The number of nitrogens with zero attached hydrogens (tertiary/aromatic N) is 1. The van der Waals surface area contributed by atoms with Gasteiger partial charge in [0.1, 0.15) is 0 Å². The molecule has 2 nitrogen and oxygen atoms in total. The molecular formula is C13H26N2. The van der Waals surface area contributed by atoms with Crippen LogP contribution in [0.4, 0.5) is 0 Å². The number of hydrogen-bond donors (Lipinski definition) is 1. The SMILES string of the molecule is C=C/C(CNC)=C(\C=C)CN(C)C.CC. The minimum Gasteiger partial charge on any atom is -0.316 e. The van der Waals surface area contributed by atoms with Crippen LogP contribution >= 0.6 is 0 Å². The smallest absolute Gasteiger partial charge is 0.0230 e. The summed E-state index contributed by atoms with van der Waals surface area (Å²) in [6.45, 7) is 13.4. The zero-order chi connectivity index (χ0) is 12.3. The molecule has 0 spiro atoms. The second-order valence-corrected chi connectivity index (χ2v) is 3.23. The Bertz CT molecular complexity index is 203. The maximum Gasteiger partial charge on any atom is 0.0230 e. The summed E-state index contributed by atoms with van der Waals surface area (Å²) in [6, 6.07) is 0. The van der Waals surface area contributed by atoms with Crippen LogP contribution in [-0.4, -0.2) is 39.1 Å². The van der Waals surface area contributed by atoms with Crippen LogP contribution in [0.1, 0.15) is 13.8 Å². The van der Waals surface area contributed by atoms with E-state index < -0.39 is 0 Å². The summed E-state index contributed by atoms with van der Waals surface area (Å²) < 4.78 is 0. The van der Waals surface area contributed by atoms with Gasteiger partial charge in [-0.2, -0.15) is 0 Å². The molecule has 0 fully saturated rings. The maximum atomic E-state index is 3.81. The molecule has 0 radical (unpaired) electrons. The number of hydrogen-bond acceptors (Lipinski definition) is 2. The van der Waals surface area contributed by atoms with Crippen molar-refractivity contribution in [1.82, 2.24) is 10.2 Å². The minimum absolute atomic E-state index is 0.846. The first-order chi connectivity index (χ1) is 7.15. The van der Waals surface area contributed by atoms with Gasteiger partial charge in [-0.05, 0) is 32.3 Å². The van der Waals surface area contributed by atoms with Gasteiger partial charge in [0.2, 0.25) is 0 Å². The number of rotatable bonds is 6. The van der Waals surface area contributed by atoms with E-state index in [-0.39, 0.29) is 0 Å². The van der Waals surface area contributed by atoms with E-state index in [1.165, 1.54) is 11.1 Å². The average molecular weight is 210 g/mol. The summed E-state index contributed by atoms with van der Waals surface area (Å²) in [6.07, 6.45) is 3.78. The molecule has 0 bridgehead atoms. The lowest BCUT2D eigenvalue weighted by molar-refractivity contribution is 0.447. The van der Waals surface area contributed by atoms with Gasteiger partial charge in [0.15, 0.2) is 0 Å². The highest BCUT2D eigenvalue weighted by Gasteiger charge is 2.00. The molecule has 0 heterocycles. The fourth-order valence-corrected chi connectivity index (χ4v) is 1.15. The molecular weight excluding hydrogens is 184 g/mol. The fraction of sp³-hybridized carbons (Fsp3) is 0.538. The van der Waals surface area contributed by atoms with Gasteiger partial charge in [-0.15, -0.1) is 0 Å². The summed E-state index contributed by atoms with van der Waals surface area (Å²) in [5.41, 5.74) is 2.44. The molecule has 0 aromatic heterocycles. The van der Waals surface area contributed by atoms with Gasteiger partial charge in [-0.25, -0.2) is 0 Å². The molecule has 15 heavy (non-hydrogen) atoms. The highest BCUT2D eigenvalue weighted by atomic mass is 15.0. The first-order valence-corrected chi connectivity index (χ1v) is 5.42. The van der Waals surface area contributed by atoms with Crippen LogP contribution in [0.2, 0.25) is 0 Å². The monoisotopic (exact) mass is 210 g/mol. The first kappa shape index (κ1) is 16.6. The van der Waals surface area contributed by atoms with Crippen molar-refractivity contribution < 1.29 is 0 Å². The standard InChI is InChI=1S/C11H20N2.C2H6/c1-6-10(8-12-3)11(7-2)9-13(4)5;1-2/h6-7,12H,1-2,8-9H2,3-5H3;1-2H3/b11-10-;. The van der Waals surface area contributed by atoms with Crippen molar-refractivity contribution in [1.29, 1.82) is 0 Å². The van der Waals surface area contributed by atoms with E-state index in [4.69, 9.17) is 0 Å². The molecule has 0 aliphatic rings. The molecule has 0 aromatic carbocycles. The molecule has 0 amide bonds. The molecule has 0 aliphatic carbocycles. The Kier molecular flexibility index (Phi) is 12.4. The van der Waals surface area contributed by atoms with Gasteiger partial charge < -0.3 is 10.2 Å². The summed E-state index contributed by atoms with van der Waals surface area (Å²) in [5, 5.41) is 3.11. The number of likely N-dealkylation sites (N-methyl/N-ethyl adjacent to an activating group) is 2. The van der Waals surface area contributed by atoms with Crippen molar-refractivity contribution in [3.63, 3.8) is 0 Å². The van der Waals surface area contributed by atoms with Crippen molar-refractivity contribution >= 4 is 0 Å². The summed E-state index contributed by atoms with van der Waals surface area (Å²) in [4.78, 5) is 2.12. The molecule has 1 N–H and O–H groups in total. The first-order valence-electron chi connectivity index (χ1n) is 5.42. The van der Waals surface area contributed by atoms with Gasteiger partial charge in [0, 0.05) is 13.1 Å². The predicted octanol–water partition coefficient (Wildman–Crippen LogP) is 2.46. The van der Waals surface area contributed by atoms with Crippen LogP contribution in [0, 0.1) is 0 Å².